The zero-order valence-electron chi connectivity index (χ0n) is 11.2. The highest BCUT2D eigenvalue weighted by Gasteiger charge is 2.22. The van der Waals surface area contributed by atoms with Crippen LogP contribution < -0.4 is 5.32 Å². The maximum absolute atomic E-state index is 13.6. The van der Waals surface area contributed by atoms with E-state index in [1.165, 1.54) is 14.0 Å². The summed E-state index contributed by atoms with van der Waals surface area (Å²) in [6, 6.07) is 1.44. The average molecular weight is 289 g/mol. The lowest BCUT2D eigenvalue weighted by atomic mass is 10.0. The highest BCUT2D eigenvalue weighted by Crippen LogP contribution is 2.22. The molecule has 3 N–H and O–H groups in total. The molecule has 0 saturated heterocycles. The predicted molar refractivity (Wildman–Crippen MR) is 68.9 cm³/mol. The molecular weight excluding hydrogens is 272 g/mol. The second-order valence-corrected chi connectivity index (χ2v) is 4.71. The summed E-state index contributed by atoms with van der Waals surface area (Å²) in [6.07, 6.45) is 0.285. The Labute approximate surface area is 115 Å². The third-order valence-electron chi connectivity index (χ3n) is 2.78. The van der Waals surface area contributed by atoms with Gasteiger partial charge in [-0.05, 0) is 19.1 Å². The number of carbonyl (C=O) groups is 1. The van der Waals surface area contributed by atoms with Crippen LogP contribution in [-0.2, 0) is 4.74 Å². The largest absolute Gasteiger partial charge is 0.478 e. The number of hydrogen-bond acceptors (Lipinski definition) is 4. The van der Waals surface area contributed by atoms with E-state index in [4.69, 9.17) is 9.84 Å². The van der Waals surface area contributed by atoms with E-state index in [9.17, 15) is 18.7 Å². The SMILES string of the molecule is COCCC(C)(O)CNc1c(F)cc(C(=O)O)cc1F. The lowest BCUT2D eigenvalue weighted by molar-refractivity contribution is 0.0356. The molecule has 0 heterocycles. The normalized spacial score (nSPS) is 13.8. The van der Waals surface area contributed by atoms with Gasteiger partial charge in [0.1, 0.15) is 17.3 Å². The number of rotatable bonds is 7. The van der Waals surface area contributed by atoms with Crippen molar-refractivity contribution in [2.45, 2.75) is 18.9 Å². The Morgan fingerprint density at radius 3 is 2.40 bits per heavy atom. The summed E-state index contributed by atoms with van der Waals surface area (Å²) >= 11 is 0. The minimum Gasteiger partial charge on any atom is -0.478 e. The van der Waals surface area contributed by atoms with Gasteiger partial charge in [0.2, 0.25) is 0 Å². The molecule has 0 amide bonds. The minimum atomic E-state index is -1.42. The van der Waals surface area contributed by atoms with Crippen LogP contribution in [-0.4, -0.2) is 42.0 Å². The second kappa shape index (κ2) is 6.62. The van der Waals surface area contributed by atoms with Crippen molar-refractivity contribution in [2.75, 3.05) is 25.6 Å². The minimum absolute atomic E-state index is 0.101. The van der Waals surface area contributed by atoms with Gasteiger partial charge in [0.15, 0.2) is 0 Å². The van der Waals surface area contributed by atoms with Crippen molar-refractivity contribution in [3.8, 4) is 0 Å². The van der Waals surface area contributed by atoms with Gasteiger partial charge in [-0.1, -0.05) is 0 Å². The van der Waals surface area contributed by atoms with Crippen LogP contribution in [0.4, 0.5) is 14.5 Å². The number of carboxylic acids is 1. The highest BCUT2D eigenvalue weighted by atomic mass is 19.1. The molecule has 0 aliphatic carbocycles. The van der Waals surface area contributed by atoms with E-state index in [1.54, 1.807) is 0 Å². The second-order valence-electron chi connectivity index (χ2n) is 4.71. The fraction of sp³-hybridized carbons (Fsp3) is 0.462. The first-order chi connectivity index (χ1) is 9.26. The number of halogens is 2. The molecule has 0 aliphatic heterocycles. The Kier molecular flexibility index (Phi) is 5.41. The monoisotopic (exact) mass is 289 g/mol. The lowest BCUT2D eigenvalue weighted by Crippen LogP contribution is -2.35. The summed E-state index contributed by atoms with van der Waals surface area (Å²) in [7, 11) is 1.48. The van der Waals surface area contributed by atoms with Crippen LogP contribution in [0.15, 0.2) is 12.1 Å². The number of methoxy groups -OCH3 is 1. The molecule has 0 aromatic heterocycles. The first-order valence-electron chi connectivity index (χ1n) is 5.94. The standard InChI is InChI=1S/C13H17F2NO4/c1-13(19,3-4-20-2)7-16-11-9(14)5-8(12(17)18)6-10(11)15/h5-6,16,19H,3-4,7H2,1-2H3,(H,17,18). The first kappa shape index (κ1) is 16.3. The average Bonchev–Trinajstić information content (AvgIpc) is 2.35. The molecular formula is C13H17F2NO4. The van der Waals surface area contributed by atoms with E-state index in [1.807, 2.05) is 0 Å². The van der Waals surface area contributed by atoms with Crippen LogP contribution >= 0.6 is 0 Å². The molecule has 20 heavy (non-hydrogen) atoms. The van der Waals surface area contributed by atoms with Crippen LogP contribution in [0.2, 0.25) is 0 Å². The van der Waals surface area contributed by atoms with E-state index in [0.717, 1.165) is 12.1 Å². The summed E-state index contributed by atoms with van der Waals surface area (Å²) in [5, 5.41) is 21.1. The summed E-state index contributed by atoms with van der Waals surface area (Å²) < 4.78 is 32.1. The zero-order valence-corrected chi connectivity index (χ0v) is 11.2. The Hall–Kier alpha value is -1.73. The lowest BCUT2D eigenvalue weighted by Gasteiger charge is -2.24. The van der Waals surface area contributed by atoms with E-state index in [0.29, 0.717) is 6.61 Å². The fourth-order valence-corrected chi connectivity index (χ4v) is 1.55. The van der Waals surface area contributed by atoms with Crippen molar-refractivity contribution in [3.05, 3.63) is 29.3 Å². The molecule has 1 rings (SSSR count). The molecule has 0 radical (unpaired) electrons. The maximum Gasteiger partial charge on any atom is 0.335 e. The van der Waals surface area contributed by atoms with Crippen molar-refractivity contribution in [3.63, 3.8) is 0 Å². The summed E-state index contributed by atoms with van der Waals surface area (Å²) in [4.78, 5) is 10.6. The molecule has 7 heteroatoms. The van der Waals surface area contributed by atoms with Crippen LogP contribution in [0.25, 0.3) is 0 Å². The van der Waals surface area contributed by atoms with Gasteiger partial charge in [-0.2, -0.15) is 0 Å². The third kappa shape index (κ3) is 4.43. The number of benzene rings is 1. The van der Waals surface area contributed by atoms with Gasteiger partial charge < -0.3 is 20.3 Å². The van der Waals surface area contributed by atoms with E-state index in [-0.39, 0.29) is 13.0 Å². The molecule has 0 bridgehead atoms. The summed E-state index contributed by atoms with van der Waals surface area (Å²) in [5.41, 5.74) is -2.15. The van der Waals surface area contributed by atoms with Gasteiger partial charge in [0.25, 0.3) is 0 Å². The van der Waals surface area contributed by atoms with Crippen LogP contribution in [0.1, 0.15) is 23.7 Å². The fourth-order valence-electron chi connectivity index (χ4n) is 1.55. The zero-order chi connectivity index (χ0) is 15.3. The number of carboxylic acid groups (broad SMARTS) is 1. The van der Waals surface area contributed by atoms with Crippen molar-refractivity contribution in [2.24, 2.45) is 0 Å². The van der Waals surface area contributed by atoms with Crippen LogP contribution in [0, 0.1) is 11.6 Å². The molecule has 1 atom stereocenters. The van der Waals surface area contributed by atoms with Crippen LogP contribution in [0.3, 0.4) is 0 Å². The molecule has 0 spiro atoms. The molecule has 5 nitrogen and oxygen atoms in total. The number of aliphatic hydroxyl groups is 1. The van der Waals surface area contributed by atoms with Gasteiger partial charge in [0, 0.05) is 26.7 Å². The molecule has 1 aromatic rings. The smallest absolute Gasteiger partial charge is 0.335 e. The molecule has 0 saturated carbocycles. The van der Waals surface area contributed by atoms with Gasteiger partial charge >= 0.3 is 5.97 Å². The highest BCUT2D eigenvalue weighted by molar-refractivity contribution is 5.88. The summed E-state index contributed by atoms with van der Waals surface area (Å²) in [6.45, 7) is 1.70. The van der Waals surface area contributed by atoms with E-state index >= 15 is 0 Å². The van der Waals surface area contributed by atoms with Crippen LogP contribution in [0.5, 0.6) is 0 Å². The van der Waals surface area contributed by atoms with Crippen molar-refractivity contribution < 1.29 is 28.5 Å². The molecule has 0 aliphatic rings. The van der Waals surface area contributed by atoms with E-state index in [2.05, 4.69) is 5.32 Å². The van der Waals surface area contributed by atoms with Gasteiger partial charge in [-0.15, -0.1) is 0 Å². The number of aromatic carboxylic acids is 1. The molecule has 112 valence electrons. The van der Waals surface area contributed by atoms with Gasteiger partial charge in [-0.3, -0.25) is 0 Å². The quantitative estimate of drug-likeness (QED) is 0.714. The van der Waals surface area contributed by atoms with Crippen molar-refractivity contribution in [1.29, 1.82) is 0 Å². The predicted octanol–water partition coefficient (Wildman–Crippen LogP) is 1.86. The first-order valence-corrected chi connectivity index (χ1v) is 5.94. The third-order valence-corrected chi connectivity index (χ3v) is 2.78. The van der Waals surface area contributed by atoms with Crippen molar-refractivity contribution in [1.82, 2.24) is 0 Å². The van der Waals surface area contributed by atoms with E-state index < -0.39 is 34.5 Å². The molecule has 1 aromatic carbocycles. The Balaban J connectivity index is 2.81. The Bertz CT molecular complexity index is 468. The molecule has 0 fully saturated rings. The maximum atomic E-state index is 13.6. The number of ether oxygens (including phenoxy) is 1. The Morgan fingerprint density at radius 2 is 1.95 bits per heavy atom. The van der Waals surface area contributed by atoms with Crippen molar-refractivity contribution >= 4 is 11.7 Å². The number of anilines is 1. The number of hydrogen-bond donors (Lipinski definition) is 3. The van der Waals surface area contributed by atoms with Gasteiger partial charge in [0.05, 0.1) is 11.2 Å². The molecule has 1 unspecified atom stereocenters. The topological polar surface area (TPSA) is 78.8 Å². The van der Waals surface area contributed by atoms with Gasteiger partial charge in [-0.25, -0.2) is 13.6 Å². The number of nitrogens with one attached hydrogen (secondary N) is 1. The summed E-state index contributed by atoms with van der Waals surface area (Å²) in [5.74, 6) is -3.46. The Morgan fingerprint density at radius 1 is 1.40 bits per heavy atom.